The number of benzene rings is 1. The fraction of sp³-hybridized carbons (Fsp3) is 0.462. The van der Waals surface area contributed by atoms with Crippen molar-refractivity contribution in [1.82, 2.24) is 10.6 Å². The first-order valence-corrected chi connectivity index (χ1v) is 5.60. The van der Waals surface area contributed by atoms with Crippen LogP contribution in [0.3, 0.4) is 0 Å². The van der Waals surface area contributed by atoms with Gasteiger partial charge in [0.1, 0.15) is 6.04 Å². The van der Waals surface area contributed by atoms with Crippen molar-refractivity contribution in [3.63, 3.8) is 0 Å². The molecule has 0 saturated carbocycles. The number of nitrogens with one attached hydrogen (secondary N) is 2. The zero-order chi connectivity index (χ0) is 11.8. The maximum Gasteiger partial charge on any atom is 0.242 e. The van der Waals surface area contributed by atoms with E-state index in [0.717, 1.165) is 17.7 Å². The van der Waals surface area contributed by atoms with Crippen LogP contribution in [0.4, 0.5) is 0 Å². The summed E-state index contributed by atoms with van der Waals surface area (Å²) < 4.78 is 0. The predicted molar refractivity (Wildman–Crippen MR) is 64.1 cm³/mol. The van der Waals surface area contributed by atoms with Gasteiger partial charge < -0.3 is 5.32 Å². The predicted octanol–water partition coefficient (Wildman–Crippen LogP) is 1.53. The molecule has 16 heavy (non-hydrogen) atoms. The van der Waals surface area contributed by atoms with Crippen molar-refractivity contribution in [3.8, 4) is 0 Å². The molecular weight excluding hydrogens is 200 g/mol. The molecule has 1 unspecified atom stereocenters. The van der Waals surface area contributed by atoms with E-state index >= 15 is 0 Å². The van der Waals surface area contributed by atoms with Gasteiger partial charge in [-0.05, 0) is 31.9 Å². The van der Waals surface area contributed by atoms with E-state index in [1.165, 1.54) is 0 Å². The van der Waals surface area contributed by atoms with E-state index in [2.05, 4.69) is 10.6 Å². The molecule has 0 bridgehead atoms. The molecular formula is C13H18N2O. The zero-order valence-corrected chi connectivity index (χ0v) is 10.0. The third kappa shape index (κ3) is 2.09. The van der Waals surface area contributed by atoms with Gasteiger partial charge in [-0.15, -0.1) is 0 Å². The van der Waals surface area contributed by atoms with Crippen molar-refractivity contribution >= 4 is 5.91 Å². The third-order valence-corrected chi connectivity index (χ3v) is 2.97. The summed E-state index contributed by atoms with van der Waals surface area (Å²) in [5.41, 5.74) is 2.06. The molecule has 1 aromatic carbocycles. The SMILES string of the molecule is Cc1ccccc1C1NCC(C)(C)NC1=O. The quantitative estimate of drug-likeness (QED) is 0.750. The van der Waals surface area contributed by atoms with Gasteiger partial charge in [-0.25, -0.2) is 0 Å². The highest BCUT2D eigenvalue weighted by Crippen LogP contribution is 2.21. The van der Waals surface area contributed by atoms with Crippen LogP contribution < -0.4 is 10.6 Å². The van der Waals surface area contributed by atoms with Crippen molar-refractivity contribution in [2.24, 2.45) is 0 Å². The maximum absolute atomic E-state index is 12.0. The van der Waals surface area contributed by atoms with Crippen molar-refractivity contribution in [3.05, 3.63) is 35.4 Å². The van der Waals surface area contributed by atoms with E-state index in [4.69, 9.17) is 0 Å². The van der Waals surface area contributed by atoms with Gasteiger partial charge in [-0.1, -0.05) is 24.3 Å². The number of hydrogen-bond acceptors (Lipinski definition) is 2. The van der Waals surface area contributed by atoms with Crippen molar-refractivity contribution in [1.29, 1.82) is 0 Å². The Morgan fingerprint density at radius 2 is 2.00 bits per heavy atom. The number of piperazine rings is 1. The zero-order valence-electron chi connectivity index (χ0n) is 10.0. The Morgan fingerprint density at radius 1 is 1.31 bits per heavy atom. The second kappa shape index (κ2) is 3.91. The Morgan fingerprint density at radius 3 is 2.62 bits per heavy atom. The number of carbonyl (C=O) groups excluding carboxylic acids is 1. The molecule has 1 aliphatic heterocycles. The molecule has 1 aliphatic rings. The highest BCUT2D eigenvalue weighted by atomic mass is 16.2. The number of aryl methyl sites for hydroxylation is 1. The molecule has 1 saturated heterocycles. The van der Waals surface area contributed by atoms with E-state index in [0.29, 0.717) is 0 Å². The standard InChI is InChI=1S/C13H18N2O/c1-9-6-4-5-7-10(9)11-12(16)15-13(2,3)8-14-11/h4-7,11,14H,8H2,1-3H3,(H,15,16). The first-order chi connectivity index (χ1) is 7.49. The second-order valence-corrected chi connectivity index (χ2v) is 5.04. The lowest BCUT2D eigenvalue weighted by atomic mass is 9.94. The number of carbonyl (C=O) groups is 1. The minimum absolute atomic E-state index is 0.0607. The molecule has 1 fully saturated rings. The van der Waals surface area contributed by atoms with Crippen LogP contribution in [0, 0.1) is 6.92 Å². The van der Waals surface area contributed by atoms with Crippen LogP contribution in [-0.4, -0.2) is 18.0 Å². The fourth-order valence-corrected chi connectivity index (χ4v) is 2.06. The number of rotatable bonds is 1. The average molecular weight is 218 g/mol. The molecule has 2 N–H and O–H groups in total. The summed E-state index contributed by atoms with van der Waals surface area (Å²) >= 11 is 0. The lowest BCUT2D eigenvalue weighted by molar-refractivity contribution is -0.126. The molecule has 0 radical (unpaired) electrons. The smallest absolute Gasteiger partial charge is 0.242 e. The number of amides is 1. The minimum atomic E-state index is -0.214. The Labute approximate surface area is 96.2 Å². The normalized spacial score (nSPS) is 23.9. The summed E-state index contributed by atoms with van der Waals surface area (Å²) in [7, 11) is 0. The van der Waals surface area contributed by atoms with Crippen LogP contribution in [0.5, 0.6) is 0 Å². The highest BCUT2D eigenvalue weighted by Gasteiger charge is 2.33. The Balaban J connectivity index is 2.24. The highest BCUT2D eigenvalue weighted by molar-refractivity contribution is 5.85. The molecule has 1 atom stereocenters. The van der Waals surface area contributed by atoms with E-state index in [9.17, 15) is 4.79 Å². The van der Waals surface area contributed by atoms with E-state index < -0.39 is 0 Å². The first-order valence-electron chi connectivity index (χ1n) is 5.60. The summed E-state index contributed by atoms with van der Waals surface area (Å²) in [6.45, 7) is 6.86. The van der Waals surface area contributed by atoms with Crippen molar-refractivity contribution in [2.45, 2.75) is 32.4 Å². The summed E-state index contributed by atoms with van der Waals surface area (Å²) in [4.78, 5) is 12.0. The summed E-state index contributed by atoms with van der Waals surface area (Å²) in [5.74, 6) is 0.0607. The Bertz CT molecular complexity index is 412. The Hall–Kier alpha value is -1.35. The maximum atomic E-state index is 12.0. The van der Waals surface area contributed by atoms with Gasteiger partial charge in [0.15, 0.2) is 0 Å². The lowest BCUT2D eigenvalue weighted by Crippen LogP contribution is -2.59. The molecule has 1 heterocycles. The van der Waals surface area contributed by atoms with E-state index in [-0.39, 0.29) is 17.5 Å². The second-order valence-electron chi connectivity index (χ2n) is 5.04. The van der Waals surface area contributed by atoms with Crippen molar-refractivity contribution < 1.29 is 4.79 Å². The van der Waals surface area contributed by atoms with Gasteiger partial charge >= 0.3 is 0 Å². The van der Waals surface area contributed by atoms with Gasteiger partial charge in [0.05, 0.1) is 0 Å². The number of hydrogen-bond donors (Lipinski definition) is 2. The summed E-state index contributed by atoms with van der Waals surface area (Å²) in [5, 5.41) is 6.33. The van der Waals surface area contributed by atoms with E-state index in [1.807, 2.05) is 45.0 Å². The summed E-state index contributed by atoms with van der Waals surface area (Å²) in [6.07, 6.45) is 0. The monoisotopic (exact) mass is 218 g/mol. The lowest BCUT2D eigenvalue weighted by Gasteiger charge is -2.36. The van der Waals surface area contributed by atoms with Gasteiger partial charge in [-0.2, -0.15) is 0 Å². The molecule has 86 valence electrons. The van der Waals surface area contributed by atoms with Gasteiger partial charge in [0.2, 0.25) is 5.91 Å². The van der Waals surface area contributed by atoms with Crippen LogP contribution in [0.25, 0.3) is 0 Å². The van der Waals surface area contributed by atoms with E-state index in [1.54, 1.807) is 0 Å². The largest absolute Gasteiger partial charge is 0.348 e. The van der Waals surface area contributed by atoms with Crippen LogP contribution in [0.1, 0.15) is 31.0 Å². The first kappa shape index (κ1) is 11.1. The topological polar surface area (TPSA) is 41.1 Å². The van der Waals surface area contributed by atoms with Gasteiger partial charge in [0.25, 0.3) is 0 Å². The van der Waals surface area contributed by atoms with Crippen LogP contribution in [0.2, 0.25) is 0 Å². The fourth-order valence-electron chi connectivity index (χ4n) is 2.06. The molecule has 1 amide bonds. The van der Waals surface area contributed by atoms with Gasteiger partial charge in [-0.3, -0.25) is 10.1 Å². The molecule has 3 heteroatoms. The molecule has 2 rings (SSSR count). The van der Waals surface area contributed by atoms with Crippen LogP contribution >= 0.6 is 0 Å². The third-order valence-electron chi connectivity index (χ3n) is 2.97. The molecule has 0 spiro atoms. The summed E-state index contributed by atoms with van der Waals surface area (Å²) in [6, 6.07) is 7.78. The molecule has 0 aromatic heterocycles. The van der Waals surface area contributed by atoms with Crippen molar-refractivity contribution in [2.75, 3.05) is 6.54 Å². The van der Waals surface area contributed by atoms with Crippen LogP contribution in [0.15, 0.2) is 24.3 Å². The van der Waals surface area contributed by atoms with Gasteiger partial charge in [0, 0.05) is 12.1 Å². The Kier molecular flexibility index (Phi) is 2.72. The molecule has 1 aromatic rings. The molecule has 3 nitrogen and oxygen atoms in total. The average Bonchev–Trinajstić information content (AvgIpc) is 2.18. The molecule has 0 aliphatic carbocycles. The minimum Gasteiger partial charge on any atom is -0.348 e. The van der Waals surface area contributed by atoms with Crippen LogP contribution in [-0.2, 0) is 4.79 Å².